The van der Waals surface area contributed by atoms with Crippen molar-refractivity contribution in [2.45, 2.75) is 32.3 Å². The van der Waals surface area contributed by atoms with E-state index in [0.29, 0.717) is 18.8 Å². The lowest BCUT2D eigenvalue weighted by Gasteiger charge is -2.09. The molecule has 0 fully saturated rings. The van der Waals surface area contributed by atoms with E-state index in [1.165, 1.54) is 0 Å². The molecule has 0 heterocycles. The molecule has 3 aromatic rings. The quantitative estimate of drug-likeness (QED) is 0.386. The minimum Gasteiger partial charge on any atom is -0.508 e. The van der Waals surface area contributed by atoms with Gasteiger partial charge in [-0.05, 0) is 48.9 Å². The predicted molar refractivity (Wildman–Crippen MR) is 126 cm³/mol. The van der Waals surface area contributed by atoms with Gasteiger partial charge in [-0.2, -0.15) is 0 Å². The first-order chi connectivity index (χ1) is 15.2. The van der Waals surface area contributed by atoms with Crippen LogP contribution in [0.1, 0.15) is 36.0 Å². The standard InChI is InChI=1S/C17H18O2.C10H14O2/c18-13-7-6-11-16-10-4-5-12-17(16)19-14-15-8-2-1-3-9-15;11-8-4-3-6-9-5-1-2-7-10(9)12/h1-6,8-12,18H,7,13-14H2;1-2,5,7,11-12H,3-4,6,8H2. The van der Waals surface area contributed by atoms with E-state index in [1.807, 2.05) is 84.9 Å². The van der Waals surface area contributed by atoms with E-state index >= 15 is 0 Å². The Morgan fingerprint density at radius 1 is 0.742 bits per heavy atom. The third-order valence-electron chi connectivity index (χ3n) is 4.60. The van der Waals surface area contributed by atoms with Crippen molar-refractivity contribution < 1.29 is 20.1 Å². The van der Waals surface area contributed by atoms with Crippen molar-refractivity contribution in [3.8, 4) is 11.5 Å². The number of aliphatic hydroxyl groups excluding tert-OH is 2. The highest BCUT2D eigenvalue weighted by Gasteiger charge is 2.00. The number of phenolic OH excluding ortho intramolecular Hbond substituents is 1. The molecule has 4 heteroatoms. The third-order valence-corrected chi connectivity index (χ3v) is 4.60. The molecule has 164 valence electrons. The molecule has 0 aromatic heterocycles. The Balaban J connectivity index is 0.000000245. The first-order valence-corrected chi connectivity index (χ1v) is 10.7. The van der Waals surface area contributed by atoms with Crippen LogP contribution >= 0.6 is 0 Å². The van der Waals surface area contributed by atoms with Crippen LogP contribution in [-0.2, 0) is 13.0 Å². The number of aliphatic hydroxyl groups is 2. The van der Waals surface area contributed by atoms with Gasteiger partial charge in [-0.3, -0.25) is 0 Å². The van der Waals surface area contributed by atoms with E-state index in [0.717, 1.165) is 41.7 Å². The van der Waals surface area contributed by atoms with E-state index in [-0.39, 0.29) is 13.2 Å². The molecule has 3 N–H and O–H groups in total. The molecule has 0 spiro atoms. The summed E-state index contributed by atoms with van der Waals surface area (Å²) in [5, 5.41) is 26.7. The van der Waals surface area contributed by atoms with Gasteiger partial charge in [0.15, 0.2) is 0 Å². The molecular weight excluding hydrogens is 388 g/mol. The first kappa shape index (κ1) is 24.2. The van der Waals surface area contributed by atoms with Crippen LogP contribution in [0, 0.1) is 0 Å². The van der Waals surface area contributed by atoms with Crippen LogP contribution in [0.4, 0.5) is 0 Å². The predicted octanol–water partition coefficient (Wildman–Crippen LogP) is 5.37. The summed E-state index contributed by atoms with van der Waals surface area (Å²) in [5.74, 6) is 1.22. The second-order valence-electron chi connectivity index (χ2n) is 7.04. The zero-order valence-electron chi connectivity index (χ0n) is 17.9. The van der Waals surface area contributed by atoms with E-state index in [9.17, 15) is 5.11 Å². The number of aryl methyl sites for hydroxylation is 1. The molecule has 0 amide bonds. The van der Waals surface area contributed by atoms with Crippen molar-refractivity contribution in [2.75, 3.05) is 13.2 Å². The Hall–Kier alpha value is -3.08. The van der Waals surface area contributed by atoms with Gasteiger partial charge in [0.05, 0.1) is 0 Å². The van der Waals surface area contributed by atoms with E-state index < -0.39 is 0 Å². The molecule has 0 radical (unpaired) electrons. The average molecular weight is 421 g/mol. The summed E-state index contributed by atoms with van der Waals surface area (Å²) in [6, 6.07) is 25.3. The summed E-state index contributed by atoms with van der Waals surface area (Å²) in [6.07, 6.45) is 7.16. The Bertz CT molecular complexity index is 891. The molecule has 0 saturated carbocycles. The molecule has 3 rings (SSSR count). The molecule has 0 aliphatic rings. The fourth-order valence-electron chi connectivity index (χ4n) is 2.92. The number of rotatable bonds is 10. The zero-order chi connectivity index (χ0) is 22.2. The monoisotopic (exact) mass is 420 g/mol. The minimum absolute atomic E-state index is 0.170. The highest BCUT2D eigenvalue weighted by Crippen LogP contribution is 2.21. The highest BCUT2D eigenvalue weighted by atomic mass is 16.5. The van der Waals surface area contributed by atoms with Gasteiger partial charge in [-0.15, -0.1) is 0 Å². The van der Waals surface area contributed by atoms with Gasteiger partial charge in [0.25, 0.3) is 0 Å². The summed E-state index contributed by atoms with van der Waals surface area (Å²) in [4.78, 5) is 0. The average Bonchev–Trinajstić information content (AvgIpc) is 2.81. The van der Waals surface area contributed by atoms with E-state index in [2.05, 4.69) is 0 Å². The molecular formula is C27H32O4. The third kappa shape index (κ3) is 9.51. The molecule has 4 nitrogen and oxygen atoms in total. The van der Waals surface area contributed by atoms with Crippen LogP contribution in [0.25, 0.3) is 6.08 Å². The Labute approximate surface area is 185 Å². The lowest BCUT2D eigenvalue weighted by Crippen LogP contribution is -1.96. The van der Waals surface area contributed by atoms with Gasteiger partial charge in [-0.25, -0.2) is 0 Å². The van der Waals surface area contributed by atoms with Crippen molar-refractivity contribution in [1.82, 2.24) is 0 Å². The number of para-hydroxylation sites is 2. The van der Waals surface area contributed by atoms with Gasteiger partial charge in [-0.1, -0.05) is 78.9 Å². The van der Waals surface area contributed by atoms with Crippen LogP contribution in [0.2, 0.25) is 0 Å². The van der Waals surface area contributed by atoms with Crippen molar-refractivity contribution in [1.29, 1.82) is 0 Å². The van der Waals surface area contributed by atoms with E-state index in [4.69, 9.17) is 14.9 Å². The number of aromatic hydroxyl groups is 1. The molecule has 31 heavy (non-hydrogen) atoms. The number of hydrogen-bond donors (Lipinski definition) is 3. The minimum atomic E-state index is 0.170. The van der Waals surface area contributed by atoms with Gasteiger partial charge >= 0.3 is 0 Å². The Morgan fingerprint density at radius 3 is 2.19 bits per heavy atom. The Morgan fingerprint density at radius 2 is 1.45 bits per heavy atom. The van der Waals surface area contributed by atoms with Crippen molar-refractivity contribution in [3.05, 3.63) is 102 Å². The molecule has 3 aromatic carbocycles. The van der Waals surface area contributed by atoms with Crippen molar-refractivity contribution >= 4 is 6.08 Å². The molecule has 0 saturated heterocycles. The van der Waals surface area contributed by atoms with Gasteiger partial charge in [0.2, 0.25) is 0 Å². The largest absolute Gasteiger partial charge is 0.508 e. The van der Waals surface area contributed by atoms with Crippen LogP contribution in [-0.4, -0.2) is 28.5 Å². The molecule has 0 atom stereocenters. The summed E-state index contributed by atoms with van der Waals surface area (Å²) < 4.78 is 5.84. The maximum Gasteiger partial charge on any atom is 0.127 e. The second kappa shape index (κ2) is 14.8. The first-order valence-electron chi connectivity index (χ1n) is 10.7. The lowest BCUT2D eigenvalue weighted by atomic mass is 10.1. The fourth-order valence-corrected chi connectivity index (χ4v) is 2.92. The van der Waals surface area contributed by atoms with E-state index in [1.54, 1.807) is 6.07 Å². The van der Waals surface area contributed by atoms with Crippen molar-refractivity contribution in [3.63, 3.8) is 0 Å². The molecule has 0 aliphatic heterocycles. The second-order valence-corrected chi connectivity index (χ2v) is 7.04. The van der Waals surface area contributed by atoms with Crippen LogP contribution in [0.5, 0.6) is 11.5 Å². The zero-order valence-corrected chi connectivity index (χ0v) is 17.9. The number of phenols is 1. The SMILES string of the molecule is OCCC=Cc1ccccc1OCc1ccccc1.OCCCCc1ccccc1O. The topological polar surface area (TPSA) is 69.9 Å². The van der Waals surface area contributed by atoms with Gasteiger partial charge in [0, 0.05) is 18.8 Å². The maximum atomic E-state index is 9.35. The number of benzene rings is 3. The van der Waals surface area contributed by atoms with Crippen molar-refractivity contribution in [2.24, 2.45) is 0 Å². The summed E-state index contributed by atoms with van der Waals surface area (Å²) >= 11 is 0. The summed E-state index contributed by atoms with van der Waals surface area (Å²) in [7, 11) is 0. The number of ether oxygens (including phenoxy) is 1. The highest BCUT2D eigenvalue weighted by molar-refractivity contribution is 5.57. The van der Waals surface area contributed by atoms with Crippen LogP contribution < -0.4 is 4.74 Å². The summed E-state index contributed by atoms with van der Waals surface area (Å²) in [5.41, 5.74) is 3.15. The smallest absolute Gasteiger partial charge is 0.127 e. The lowest BCUT2D eigenvalue weighted by molar-refractivity contribution is 0.284. The van der Waals surface area contributed by atoms with Gasteiger partial charge in [0.1, 0.15) is 18.1 Å². The molecule has 0 bridgehead atoms. The fraction of sp³-hybridized carbons (Fsp3) is 0.259. The van der Waals surface area contributed by atoms with Crippen LogP contribution in [0.3, 0.4) is 0 Å². The number of unbranched alkanes of at least 4 members (excludes halogenated alkanes) is 1. The molecule has 0 aliphatic carbocycles. The maximum absolute atomic E-state index is 9.35. The Kier molecular flexibility index (Phi) is 11.6. The van der Waals surface area contributed by atoms with Crippen LogP contribution in [0.15, 0.2) is 84.9 Å². The van der Waals surface area contributed by atoms with Gasteiger partial charge < -0.3 is 20.1 Å². The summed E-state index contributed by atoms with van der Waals surface area (Å²) in [6.45, 7) is 0.961. The normalized spacial score (nSPS) is 10.5. The molecule has 0 unspecified atom stereocenters. The number of hydrogen-bond acceptors (Lipinski definition) is 4.